The summed E-state index contributed by atoms with van der Waals surface area (Å²) in [5.74, 6) is -0.0615. The Morgan fingerprint density at radius 3 is 3.13 bits per heavy atom. The molecule has 3 heterocycles. The van der Waals surface area contributed by atoms with Crippen LogP contribution in [0.3, 0.4) is 0 Å². The van der Waals surface area contributed by atoms with Gasteiger partial charge < -0.3 is 14.6 Å². The van der Waals surface area contributed by atoms with E-state index in [-0.39, 0.29) is 18.5 Å². The molecule has 0 radical (unpaired) electrons. The third-order valence-electron chi connectivity index (χ3n) is 4.16. The number of carbonyl (C=O) groups excluding carboxylic acids is 1. The molecular formula is C17H18N4O2. The number of ether oxygens (including phenoxy) is 1. The van der Waals surface area contributed by atoms with Gasteiger partial charge in [-0.15, -0.1) is 0 Å². The smallest absolute Gasteiger partial charge is 0.244 e. The van der Waals surface area contributed by atoms with Gasteiger partial charge in [-0.25, -0.2) is 0 Å². The Morgan fingerprint density at radius 1 is 1.35 bits per heavy atom. The summed E-state index contributed by atoms with van der Waals surface area (Å²) < 4.78 is 9.17. The monoisotopic (exact) mass is 310 g/mol. The fourth-order valence-corrected chi connectivity index (χ4v) is 2.97. The first-order valence-electron chi connectivity index (χ1n) is 7.75. The number of carbonyl (C=O) groups is 1. The van der Waals surface area contributed by atoms with Crippen molar-refractivity contribution < 1.29 is 9.53 Å². The molecule has 1 N–H and O–H groups in total. The van der Waals surface area contributed by atoms with Crippen LogP contribution in [0, 0.1) is 0 Å². The van der Waals surface area contributed by atoms with Crippen molar-refractivity contribution in [2.45, 2.75) is 19.0 Å². The minimum Gasteiger partial charge on any atom is -0.379 e. The lowest BCUT2D eigenvalue weighted by molar-refractivity contribution is -0.116. The van der Waals surface area contributed by atoms with Crippen LogP contribution in [0.1, 0.15) is 12.5 Å². The molecule has 1 saturated heterocycles. The van der Waals surface area contributed by atoms with Gasteiger partial charge in [0.1, 0.15) is 6.54 Å². The number of hydrogen-bond donors (Lipinski definition) is 1. The summed E-state index contributed by atoms with van der Waals surface area (Å²) in [7, 11) is 0. The van der Waals surface area contributed by atoms with E-state index in [4.69, 9.17) is 4.74 Å². The summed E-state index contributed by atoms with van der Waals surface area (Å²) in [6.45, 7) is 1.74. The zero-order valence-electron chi connectivity index (χ0n) is 12.7. The molecule has 0 spiro atoms. The quantitative estimate of drug-likeness (QED) is 0.805. The molecule has 3 aromatic rings. The lowest BCUT2D eigenvalue weighted by Gasteiger charge is -2.07. The average Bonchev–Trinajstić information content (AvgIpc) is 3.27. The Kier molecular flexibility index (Phi) is 3.59. The van der Waals surface area contributed by atoms with Gasteiger partial charge in [-0.3, -0.25) is 9.48 Å². The minimum absolute atomic E-state index is 0.0615. The average molecular weight is 310 g/mol. The lowest BCUT2D eigenvalue weighted by Crippen LogP contribution is -2.18. The van der Waals surface area contributed by atoms with E-state index in [0.29, 0.717) is 6.61 Å². The predicted octanol–water partition coefficient (Wildman–Crippen LogP) is 2.44. The Morgan fingerprint density at radius 2 is 2.26 bits per heavy atom. The molecule has 0 unspecified atom stereocenters. The number of hydrogen-bond acceptors (Lipinski definition) is 3. The van der Waals surface area contributed by atoms with Crippen molar-refractivity contribution in [2.75, 3.05) is 18.5 Å². The Hall–Kier alpha value is -2.60. The van der Waals surface area contributed by atoms with Crippen LogP contribution in [-0.2, 0) is 16.1 Å². The van der Waals surface area contributed by atoms with E-state index in [2.05, 4.69) is 10.4 Å². The third-order valence-corrected chi connectivity index (χ3v) is 4.16. The molecule has 1 aliphatic rings. The fourth-order valence-electron chi connectivity index (χ4n) is 2.97. The van der Waals surface area contributed by atoms with Gasteiger partial charge in [0.05, 0.1) is 24.5 Å². The van der Waals surface area contributed by atoms with Crippen LogP contribution < -0.4 is 5.32 Å². The second kappa shape index (κ2) is 5.89. The van der Waals surface area contributed by atoms with Gasteiger partial charge in [-0.05, 0) is 23.9 Å². The molecule has 1 aliphatic heterocycles. The van der Waals surface area contributed by atoms with E-state index in [9.17, 15) is 4.79 Å². The number of fused-ring (bicyclic) bond motifs is 1. The summed E-state index contributed by atoms with van der Waals surface area (Å²) >= 11 is 0. The van der Waals surface area contributed by atoms with Gasteiger partial charge in [-0.2, -0.15) is 5.10 Å². The number of amides is 1. The van der Waals surface area contributed by atoms with Crippen LogP contribution >= 0.6 is 0 Å². The van der Waals surface area contributed by atoms with E-state index in [1.807, 2.05) is 52.0 Å². The number of benzene rings is 1. The van der Waals surface area contributed by atoms with Gasteiger partial charge in [0.25, 0.3) is 0 Å². The summed E-state index contributed by atoms with van der Waals surface area (Å²) in [5.41, 5.74) is 1.78. The van der Waals surface area contributed by atoms with Crippen molar-refractivity contribution in [3.63, 3.8) is 0 Å². The van der Waals surface area contributed by atoms with E-state index >= 15 is 0 Å². The van der Waals surface area contributed by atoms with E-state index < -0.39 is 0 Å². The molecule has 6 nitrogen and oxygen atoms in total. The molecule has 1 atom stereocenters. The maximum absolute atomic E-state index is 12.3. The standard InChI is InChI=1S/C17H18N4O2/c22-17(11-20-7-5-13-3-1-2-4-16(13)20)19-14-9-18-21(10-14)15-6-8-23-12-15/h1-5,7,9-10,15H,6,8,11-12H2,(H,19,22)/t15-/m1/s1. The predicted molar refractivity (Wildman–Crippen MR) is 87.3 cm³/mol. The maximum atomic E-state index is 12.3. The van der Waals surface area contributed by atoms with Gasteiger partial charge in [-0.1, -0.05) is 18.2 Å². The Labute approximate surface area is 133 Å². The lowest BCUT2D eigenvalue weighted by atomic mass is 10.2. The molecule has 23 heavy (non-hydrogen) atoms. The Bertz CT molecular complexity index is 830. The molecule has 0 aliphatic carbocycles. The maximum Gasteiger partial charge on any atom is 0.244 e. The largest absolute Gasteiger partial charge is 0.379 e. The number of nitrogens with one attached hydrogen (secondary N) is 1. The molecule has 1 amide bonds. The van der Waals surface area contributed by atoms with Gasteiger partial charge in [0.2, 0.25) is 5.91 Å². The molecule has 1 aromatic carbocycles. The highest BCUT2D eigenvalue weighted by molar-refractivity contribution is 5.91. The van der Waals surface area contributed by atoms with Gasteiger partial charge in [0, 0.05) is 24.5 Å². The zero-order chi connectivity index (χ0) is 15.6. The number of anilines is 1. The van der Waals surface area contributed by atoms with E-state index in [1.54, 1.807) is 6.20 Å². The number of nitrogens with zero attached hydrogens (tertiary/aromatic N) is 3. The SMILES string of the molecule is O=C(Cn1ccc2ccccc21)Nc1cnn([C@@H]2CCOC2)c1. The number of para-hydroxylation sites is 1. The van der Waals surface area contributed by atoms with E-state index in [1.165, 1.54) is 0 Å². The molecule has 1 fully saturated rings. The highest BCUT2D eigenvalue weighted by Gasteiger charge is 2.18. The molecular weight excluding hydrogens is 292 g/mol. The second-order valence-corrected chi connectivity index (χ2v) is 5.78. The number of aromatic nitrogens is 3. The molecule has 6 heteroatoms. The molecule has 0 bridgehead atoms. The first-order valence-corrected chi connectivity index (χ1v) is 7.75. The minimum atomic E-state index is -0.0615. The Balaban J connectivity index is 1.43. The summed E-state index contributed by atoms with van der Waals surface area (Å²) in [6.07, 6.45) is 6.45. The van der Waals surface area contributed by atoms with Crippen molar-refractivity contribution in [1.29, 1.82) is 0 Å². The molecule has 0 saturated carbocycles. The van der Waals surface area contributed by atoms with Crippen molar-refractivity contribution in [3.8, 4) is 0 Å². The van der Waals surface area contributed by atoms with Crippen LogP contribution in [0.4, 0.5) is 5.69 Å². The topological polar surface area (TPSA) is 61.1 Å². The normalized spacial score (nSPS) is 17.7. The molecule has 118 valence electrons. The van der Waals surface area contributed by atoms with Crippen LogP contribution in [0.25, 0.3) is 10.9 Å². The van der Waals surface area contributed by atoms with Gasteiger partial charge in [0.15, 0.2) is 0 Å². The van der Waals surface area contributed by atoms with Crippen LogP contribution in [0.15, 0.2) is 48.9 Å². The first-order chi connectivity index (χ1) is 11.3. The fraction of sp³-hybridized carbons (Fsp3) is 0.294. The highest BCUT2D eigenvalue weighted by atomic mass is 16.5. The van der Waals surface area contributed by atoms with Crippen molar-refractivity contribution in [2.24, 2.45) is 0 Å². The first kappa shape index (κ1) is 14.0. The van der Waals surface area contributed by atoms with Gasteiger partial charge >= 0.3 is 0 Å². The molecule has 2 aromatic heterocycles. The van der Waals surface area contributed by atoms with E-state index in [0.717, 1.165) is 29.6 Å². The van der Waals surface area contributed by atoms with Crippen molar-refractivity contribution in [1.82, 2.24) is 14.3 Å². The summed E-state index contributed by atoms with van der Waals surface area (Å²) in [6, 6.07) is 10.3. The van der Waals surface area contributed by atoms with Crippen LogP contribution in [0.2, 0.25) is 0 Å². The zero-order valence-corrected chi connectivity index (χ0v) is 12.7. The van der Waals surface area contributed by atoms with Crippen LogP contribution in [0.5, 0.6) is 0 Å². The summed E-state index contributed by atoms with van der Waals surface area (Å²) in [4.78, 5) is 12.3. The van der Waals surface area contributed by atoms with Crippen molar-refractivity contribution in [3.05, 3.63) is 48.9 Å². The highest BCUT2D eigenvalue weighted by Crippen LogP contribution is 2.20. The summed E-state index contributed by atoms with van der Waals surface area (Å²) in [5, 5.41) is 8.35. The third kappa shape index (κ3) is 2.85. The molecule has 4 rings (SSSR count). The number of rotatable bonds is 4. The van der Waals surface area contributed by atoms with Crippen molar-refractivity contribution >= 4 is 22.5 Å². The second-order valence-electron chi connectivity index (χ2n) is 5.78. The van der Waals surface area contributed by atoms with Crippen LogP contribution in [-0.4, -0.2) is 33.5 Å².